The van der Waals surface area contributed by atoms with Crippen LogP contribution >= 0.6 is 11.8 Å². The van der Waals surface area contributed by atoms with Gasteiger partial charge in [0.15, 0.2) is 5.17 Å². The maximum atomic E-state index is 12.1. The van der Waals surface area contributed by atoms with Gasteiger partial charge < -0.3 is 10.5 Å². The molecule has 0 spiro atoms. The molecule has 0 saturated heterocycles. The zero-order chi connectivity index (χ0) is 16.0. The fourth-order valence-corrected chi connectivity index (χ4v) is 2.23. The van der Waals surface area contributed by atoms with Crippen molar-refractivity contribution in [2.24, 2.45) is 12.8 Å². The number of benzene rings is 1. The second-order valence-electron chi connectivity index (χ2n) is 3.97. The van der Waals surface area contributed by atoms with Gasteiger partial charge in [-0.15, -0.1) is 0 Å². The van der Waals surface area contributed by atoms with Gasteiger partial charge in [0.25, 0.3) is 0 Å². The fraction of sp³-hybridized carbons (Fsp3) is 0.429. The van der Waals surface area contributed by atoms with Crippen LogP contribution in [0.2, 0.25) is 0 Å². The van der Waals surface area contributed by atoms with Crippen molar-refractivity contribution in [1.82, 2.24) is 9.13 Å². The van der Waals surface area contributed by atoms with Crippen molar-refractivity contribution in [2.75, 3.05) is 19.4 Å². The van der Waals surface area contributed by atoms with Crippen LogP contribution in [0.4, 0.5) is 0 Å². The Morgan fingerprint density at radius 2 is 2.05 bits per heavy atom. The molecule has 3 N–H and O–H groups in total. The van der Waals surface area contributed by atoms with E-state index in [1.807, 2.05) is 13.8 Å². The predicted molar refractivity (Wildman–Crippen MR) is 89.7 cm³/mol. The standard InChI is InChI=1S/C12H16N4O2S.C2H6/c1-15-10-7-8(18-6-5-13)3-4-9(10)16(12(15)17)11(14)19-2;1-2/h3-4,7,14H,5-6,13H2,1-2H3;1-2H3. The lowest BCUT2D eigenvalue weighted by molar-refractivity contribution is 0.328. The number of aromatic nitrogens is 2. The third-order valence-electron chi connectivity index (χ3n) is 2.81. The SMILES string of the molecule is CC.CSC(=N)n1c(=O)n(C)c2cc(OCCN)ccc21. The molecule has 1 aromatic heterocycles. The first kappa shape index (κ1) is 17.3. The molecule has 2 rings (SSSR count). The number of ether oxygens (including phenoxy) is 1. The Kier molecular flexibility index (Phi) is 6.51. The van der Waals surface area contributed by atoms with Crippen molar-refractivity contribution in [3.05, 3.63) is 28.7 Å². The Balaban J connectivity index is 0.00000106. The molecule has 0 radical (unpaired) electrons. The molecule has 7 heteroatoms. The number of nitrogens with two attached hydrogens (primary N) is 1. The highest BCUT2D eigenvalue weighted by Gasteiger charge is 2.14. The molecule has 0 unspecified atom stereocenters. The lowest BCUT2D eigenvalue weighted by Crippen LogP contribution is -2.25. The number of imidazole rings is 1. The van der Waals surface area contributed by atoms with Crippen molar-refractivity contribution in [3.63, 3.8) is 0 Å². The summed E-state index contributed by atoms with van der Waals surface area (Å²) in [6, 6.07) is 5.35. The lowest BCUT2D eigenvalue weighted by Gasteiger charge is -2.05. The number of nitrogens with zero attached hydrogens (tertiary/aromatic N) is 2. The van der Waals surface area contributed by atoms with Gasteiger partial charge in [-0.2, -0.15) is 0 Å². The average Bonchev–Trinajstić information content (AvgIpc) is 2.78. The minimum absolute atomic E-state index is 0.200. The summed E-state index contributed by atoms with van der Waals surface area (Å²) in [4.78, 5) is 12.1. The molecule has 0 bridgehead atoms. The van der Waals surface area contributed by atoms with E-state index in [1.165, 1.54) is 20.9 Å². The third kappa shape index (κ3) is 3.48. The Morgan fingerprint density at radius 1 is 1.38 bits per heavy atom. The number of rotatable bonds is 3. The van der Waals surface area contributed by atoms with Crippen LogP contribution in [0.15, 0.2) is 23.0 Å². The quantitative estimate of drug-likeness (QED) is 0.669. The number of hydrogen-bond donors (Lipinski definition) is 2. The highest BCUT2D eigenvalue weighted by atomic mass is 32.2. The normalized spacial score (nSPS) is 10.1. The molecule has 1 heterocycles. The van der Waals surface area contributed by atoms with Gasteiger partial charge in [-0.3, -0.25) is 9.98 Å². The summed E-state index contributed by atoms with van der Waals surface area (Å²) in [5.74, 6) is 0.668. The fourth-order valence-electron chi connectivity index (χ4n) is 1.87. The van der Waals surface area contributed by atoms with E-state index < -0.39 is 0 Å². The van der Waals surface area contributed by atoms with Crippen LogP contribution < -0.4 is 16.2 Å². The van der Waals surface area contributed by atoms with Crippen LogP contribution in [-0.2, 0) is 7.05 Å². The van der Waals surface area contributed by atoms with Crippen molar-refractivity contribution >= 4 is 28.0 Å². The summed E-state index contributed by atoms with van der Waals surface area (Å²) in [6.45, 7) is 4.87. The van der Waals surface area contributed by atoms with E-state index in [0.717, 1.165) is 5.52 Å². The minimum Gasteiger partial charge on any atom is -0.492 e. The number of fused-ring (bicyclic) bond motifs is 1. The first-order valence-electron chi connectivity index (χ1n) is 6.77. The third-order valence-corrected chi connectivity index (χ3v) is 3.38. The summed E-state index contributed by atoms with van der Waals surface area (Å²) in [6.07, 6.45) is 1.77. The molecule has 0 aliphatic carbocycles. The van der Waals surface area contributed by atoms with Crippen molar-refractivity contribution in [2.45, 2.75) is 13.8 Å². The van der Waals surface area contributed by atoms with E-state index in [1.54, 1.807) is 31.5 Å². The first-order chi connectivity index (χ1) is 10.1. The molecule has 0 aliphatic heterocycles. The second-order valence-corrected chi connectivity index (χ2v) is 4.77. The van der Waals surface area contributed by atoms with Crippen molar-refractivity contribution in [1.29, 1.82) is 5.41 Å². The van der Waals surface area contributed by atoms with E-state index in [4.69, 9.17) is 15.9 Å². The Morgan fingerprint density at radius 3 is 2.62 bits per heavy atom. The summed E-state index contributed by atoms with van der Waals surface area (Å²) < 4.78 is 8.34. The van der Waals surface area contributed by atoms with Crippen molar-refractivity contribution in [3.8, 4) is 5.75 Å². The molecule has 1 aromatic carbocycles. The van der Waals surface area contributed by atoms with Gasteiger partial charge in [-0.05, 0) is 18.4 Å². The van der Waals surface area contributed by atoms with Gasteiger partial charge >= 0.3 is 5.69 Å². The van der Waals surface area contributed by atoms with E-state index in [9.17, 15) is 4.79 Å². The Hall–Kier alpha value is -1.73. The van der Waals surface area contributed by atoms with Crippen molar-refractivity contribution < 1.29 is 4.74 Å². The number of hydrogen-bond acceptors (Lipinski definition) is 5. The van der Waals surface area contributed by atoms with E-state index >= 15 is 0 Å². The molecule has 116 valence electrons. The van der Waals surface area contributed by atoms with Crippen LogP contribution in [-0.4, -0.2) is 33.7 Å². The number of aryl methyl sites for hydroxylation is 1. The van der Waals surface area contributed by atoms with E-state index in [2.05, 4.69) is 0 Å². The minimum atomic E-state index is -0.231. The number of nitrogens with one attached hydrogen (secondary N) is 1. The number of thioether (sulfide) groups is 1. The first-order valence-corrected chi connectivity index (χ1v) is 8.00. The maximum Gasteiger partial charge on any atom is 0.335 e. The zero-order valence-electron chi connectivity index (χ0n) is 12.8. The summed E-state index contributed by atoms with van der Waals surface area (Å²) >= 11 is 1.22. The second kappa shape index (κ2) is 7.90. The van der Waals surface area contributed by atoms with Gasteiger partial charge in [0.1, 0.15) is 12.4 Å². The highest BCUT2D eigenvalue weighted by molar-refractivity contribution is 8.13. The Labute approximate surface area is 128 Å². The molecular formula is C14H22N4O2S. The van der Waals surface area contributed by atoms with Gasteiger partial charge in [0.2, 0.25) is 0 Å². The van der Waals surface area contributed by atoms with E-state index in [-0.39, 0.29) is 10.9 Å². The van der Waals surface area contributed by atoms with Crippen LogP contribution in [0.5, 0.6) is 5.75 Å². The lowest BCUT2D eigenvalue weighted by atomic mass is 10.3. The smallest absolute Gasteiger partial charge is 0.335 e. The average molecular weight is 310 g/mol. The summed E-state index contributed by atoms with van der Waals surface area (Å²) in [5, 5.41) is 8.04. The Bertz CT molecular complexity index is 675. The molecular weight excluding hydrogens is 288 g/mol. The topological polar surface area (TPSA) is 86.0 Å². The zero-order valence-corrected chi connectivity index (χ0v) is 13.7. The van der Waals surface area contributed by atoms with Gasteiger partial charge in [-0.25, -0.2) is 9.36 Å². The van der Waals surface area contributed by atoms with Gasteiger partial charge in [0, 0.05) is 19.7 Å². The molecule has 0 aliphatic rings. The molecule has 0 atom stereocenters. The van der Waals surface area contributed by atoms with Gasteiger partial charge in [-0.1, -0.05) is 25.6 Å². The van der Waals surface area contributed by atoms with Crippen LogP contribution in [0.1, 0.15) is 13.8 Å². The van der Waals surface area contributed by atoms with E-state index in [0.29, 0.717) is 24.4 Å². The highest BCUT2D eigenvalue weighted by Crippen LogP contribution is 2.20. The summed E-state index contributed by atoms with van der Waals surface area (Å²) in [5.41, 5.74) is 6.59. The molecule has 0 saturated carbocycles. The molecule has 0 fully saturated rings. The largest absolute Gasteiger partial charge is 0.492 e. The molecule has 0 amide bonds. The van der Waals surface area contributed by atoms with Crippen LogP contribution in [0.25, 0.3) is 11.0 Å². The monoisotopic (exact) mass is 310 g/mol. The molecule has 21 heavy (non-hydrogen) atoms. The van der Waals surface area contributed by atoms with Gasteiger partial charge in [0.05, 0.1) is 11.0 Å². The van der Waals surface area contributed by atoms with Crippen LogP contribution in [0, 0.1) is 5.41 Å². The molecule has 6 nitrogen and oxygen atoms in total. The molecule has 2 aromatic rings. The maximum absolute atomic E-state index is 12.1. The summed E-state index contributed by atoms with van der Waals surface area (Å²) in [7, 11) is 1.68. The van der Waals surface area contributed by atoms with Crippen LogP contribution in [0.3, 0.4) is 0 Å². The predicted octanol–water partition coefficient (Wildman–Crippen LogP) is 1.85.